The number of rotatable bonds is 4. The highest BCUT2D eigenvalue weighted by atomic mass is 32.1. The smallest absolute Gasteiger partial charge is 0.250 e. The van der Waals surface area contributed by atoms with Crippen molar-refractivity contribution in [3.63, 3.8) is 0 Å². The van der Waals surface area contributed by atoms with Crippen LogP contribution in [0.5, 0.6) is 5.88 Å². The maximum Gasteiger partial charge on any atom is 0.250 e. The van der Waals surface area contributed by atoms with Crippen LogP contribution in [-0.2, 0) is 0 Å². The number of thiophene rings is 1. The molecule has 0 aromatic carbocycles. The Hall–Kier alpha value is -1.46. The third-order valence-electron chi connectivity index (χ3n) is 2.32. The monoisotopic (exact) mass is 253 g/mol. The van der Waals surface area contributed by atoms with E-state index < -0.39 is 11.9 Å². The van der Waals surface area contributed by atoms with Gasteiger partial charge < -0.3 is 9.84 Å². The van der Waals surface area contributed by atoms with Gasteiger partial charge in [0.05, 0.1) is 6.61 Å². The zero-order valence-electron chi connectivity index (χ0n) is 9.26. The molecule has 2 heterocycles. The number of pyridine rings is 1. The highest BCUT2D eigenvalue weighted by Gasteiger charge is 2.19. The first-order valence-corrected chi connectivity index (χ1v) is 6.15. The van der Waals surface area contributed by atoms with E-state index in [0.29, 0.717) is 12.2 Å². The second-order valence-electron chi connectivity index (χ2n) is 3.41. The minimum atomic E-state index is -0.983. The second-order valence-corrected chi connectivity index (χ2v) is 4.19. The largest absolute Gasteiger partial charge is 0.476 e. The highest BCUT2D eigenvalue weighted by Crippen LogP contribution is 2.28. The van der Waals surface area contributed by atoms with Gasteiger partial charge in [0.25, 0.3) is 5.88 Å². The first-order chi connectivity index (χ1) is 8.24. The average molecular weight is 253 g/mol. The number of hydrogen-bond acceptors (Lipinski definition) is 4. The SMILES string of the molecule is CCOc1nccc(C(O)c2ccsc2)c1F. The summed E-state index contributed by atoms with van der Waals surface area (Å²) in [7, 11) is 0. The fourth-order valence-electron chi connectivity index (χ4n) is 1.50. The number of halogens is 1. The average Bonchev–Trinajstić information content (AvgIpc) is 2.85. The zero-order chi connectivity index (χ0) is 12.3. The first kappa shape index (κ1) is 12.0. The molecule has 1 N–H and O–H groups in total. The molecule has 2 aromatic rings. The van der Waals surface area contributed by atoms with Crippen molar-refractivity contribution < 1.29 is 14.2 Å². The van der Waals surface area contributed by atoms with E-state index in [2.05, 4.69) is 4.98 Å². The summed E-state index contributed by atoms with van der Waals surface area (Å²) >= 11 is 1.45. The van der Waals surface area contributed by atoms with E-state index in [4.69, 9.17) is 4.74 Å². The van der Waals surface area contributed by atoms with Crippen molar-refractivity contribution in [3.8, 4) is 5.88 Å². The zero-order valence-corrected chi connectivity index (χ0v) is 10.1. The second kappa shape index (κ2) is 5.25. The van der Waals surface area contributed by atoms with Gasteiger partial charge in [-0.3, -0.25) is 0 Å². The van der Waals surface area contributed by atoms with E-state index >= 15 is 0 Å². The lowest BCUT2D eigenvalue weighted by Gasteiger charge is -2.12. The van der Waals surface area contributed by atoms with Gasteiger partial charge in [-0.25, -0.2) is 9.37 Å². The van der Waals surface area contributed by atoms with E-state index in [1.54, 1.807) is 18.4 Å². The third kappa shape index (κ3) is 2.45. The lowest BCUT2D eigenvalue weighted by atomic mass is 10.1. The van der Waals surface area contributed by atoms with Crippen LogP contribution >= 0.6 is 11.3 Å². The van der Waals surface area contributed by atoms with Crippen LogP contribution < -0.4 is 4.74 Å². The molecule has 0 spiro atoms. The maximum absolute atomic E-state index is 14.0. The molecule has 90 valence electrons. The van der Waals surface area contributed by atoms with Crippen LogP contribution in [0, 0.1) is 5.82 Å². The van der Waals surface area contributed by atoms with E-state index in [0.717, 1.165) is 0 Å². The first-order valence-electron chi connectivity index (χ1n) is 5.21. The summed E-state index contributed by atoms with van der Waals surface area (Å²) in [6.07, 6.45) is 0.447. The predicted molar refractivity (Wildman–Crippen MR) is 63.7 cm³/mol. The molecule has 0 saturated heterocycles. The van der Waals surface area contributed by atoms with Crippen molar-refractivity contribution in [3.05, 3.63) is 46.0 Å². The fraction of sp³-hybridized carbons (Fsp3) is 0.250. The molecule has 0 aliphatic rings. The van der Waals surface area contributed by atoms with Crippen LogP contribution in [0.15, 0.2) is 29.1 Å². The number of aliphatic hydroxyl groups excluding tert-OH is 1. The van der Waals surface area contributed by atoms with Gasteiger partial charge in [0.1, 0.15) is 6.10 Å². The van der Waals surface area contributed by atoms with Crippen LogP contribution in [-0.4, -0.2) is 16.7 Å². The Morgan fingerprint density at radius 1 is 1.53 bits per heavy atom. The third-order valence-corrected chi connectivity index (χ3v) is 3.02. The topological polar surface area (TPSA) is 42.4 Å². The van der Waals surface area contributed by atoms with E-state index in [9.17, 15) is 9.50 Å². The quantitative estimate of drug-likeness (QED) is 0.911. The summed E-state index contributed by atoms with van der Waals surface area (Å²) in [6.45, 7) is 2.09. The summed E-state index contributed by atoms with van der Waals surface area (Å²) in [5.41, 5.74) is 0.851. The van der Waals surface area contributed by atoms with Crippen LogP contribution in [0.4, 0.5) is 4.39 Å². The summed E-state index contributed by atoms with van der Waals surface area (Å²) < 4.78 is 19.0. The Kier molecular flexibility index (Phi) is 3.71. The minimum Gasteiger partial charge on any atom is -0.476 e. The lowest BCUT2D eigenvalue weighted by Crippen LogP contribution is -2.05. The number of nitrogens with zero attached hydrogens (tertiary/aromatic N) is 1. The van der Waals surface area contributed by atoms with Crippen molar-refractivity contribution in [1.82, 2.24) is 4.98 Å². The molecule has 0 fully saturated rings. The molecule has 0 aliphatic carbocycles. The summed E-state index contributed by atoms with van der Waals surface area (Å²) in [5.74, 6) is -0.674. The molecule has 0 saturated carbocycles. The molecule has 1 atom stereocenters. The van der Waals surface area contributed by atoms with Gasteiger partial charge in [-0.1, -0.05) is 0 Å². The van der Waals surface area contributed by atoms with E-state index in [-0.39, 0.29) is 11.4 Å². The molecule has 1 unspecified atom stereocenters. The molecular weight excluding hydrogens is 241 g/mol. The Balaban J connectivity index is 2.35. The number of aliphatic hydroxyl groups is 1. The molecule has 0 bridgehead atoms. The molecule has 0 radical (unpaired) electrons. The molecule has 2 aromatic heterocycles. The van der Waals surface area contributed by atoms with E-state index in [1.807, 2.05) is 5.38 Å². The molecule has 5 heteroatoms. The molecule has 0 amide bonds. The van der Waals surface area contributed by atoms with E-state index in [1.165, 1.54) is 23.6 Å². The van der Waals surface area contributed by atoms with Gasteiger partial charge in [0.2, 0.25) is 0 Å². The fourth-order valence-corrected chi connectivity index (χ4v) is 2.18. The van der Waals surface area contributed by atoms with Crippen LogP contribution in [0.25, 0.3) is 0 Å². The van der Waals surface area contributed by atoms with Crippen LogP contribution in [0.2, 0.25) is 0 Å². The minimum absolute atomic E-state index is 0.0701. The Labute approximate surface area is 103 Å². The number of aromatic nitrogens is 1. The van der Waals surface area contributed by atoms with Gasteiger partial charge in [-0.15, -0.1) is 0 Å². The number of hydrogen-bond donors (Lipinski definition) is 1. The van der Waals surface area contributed by atoms with Crippen molar-refractivity contribution in [2.45, 2.75) is 13.0 Å². The molecule has 0 aliphatic heterocycles. The maximum atomic E-state index is 14.0. The summed E-state index contributed by atoms with van der Waals surface area (Å²) in [4.78, 5) is 3.79. The summed E-state index contributed by atoms with van der Waals surface area (Å²) in [5, 5.41) is 13.7. The normalized spacial score (nSPS) is 12.4. The van der Waals surface area contributed by atoms with Crippen molar-refractivity contribution in [2.75, 3.05) is 6.61 Å². The standard InChI is InChI=1S/C12H12FNO2S/c1-2-16-12-10(13)9(3-5-14-12)11(15)8-4-6-17-7-8/h3-7,11,15H,2H2,1H3. The van der Waals surface area contributed by atoms with Gasteiger partial charge in [-0.2, -0.15) is 11.3 Å². The summed E-state index contributed by atoms with van der Waals surface area (Å²) in [6, 6.07) is 3.22. The van der Waals surface area contributed by atoms with Gasteiger partial charge in [-0.05, 0) is 35.4 Å². The van der Waals surface area contributed by atoms with Crippen LogP contribution in [0.1, 0.15) is 24.2 Å². The lowest BCUT2D eigenvalue weighted by molar-refractivity contribution is 0.211. The van der Waals surface area contributed by atoms with Crippen LogP contribution in [0.3, 0.4) is 0 Å². The van der Waals surface area contributed by atoms with Crippen molar-refractivity contribution in [2.24, 2.45) is 0 Å². The van der Waals surface area contributed by atoms with Crippen molar-refractivity contribution in [1.29, 1.82) is 0 Å². The highest BCUT2D eigenvalue weighted by molar-refractivity contribution is 7.07. The Morgan fingerprint density at radius 3 is 3.00 bits per heavy atom. The molecule has 17 heavy (non-hydrogen) atoms. The number of ether oxygens (including phenoxy) is 1. The Morgan fingerprint density at radius 2 is 2.35 bits per heavy atom. The molecular formula is C12H12FNO2S. The molecule has 2 rings (SSSR count). The Bertz CT molecular complexity index is 487. The molecule has 3 nitrogen and oxygen atoms in total. The predicted octanol–water partition coefficient (Wildman–Crippen LogP) is 2.76. The van der Waals surface area contributed by atoms with Gasteiger partial charge in [0.15, 0.2) is 5.82 Å². The van der Waals surface area contributed by atoms with Gasteiger partial charge >= 0.3 is 0 Å². The van der Waals surface area contributed by atoms with Gasteiger partial charge in [0, 0.05) is 11.8 Å². The van der Waals surface area contributed by atoms with Crippen molar-refractivity contribution >= 4 is 11.3 Å².